The molecule has 1 aromatic heterocycles. The number of hydrogen-bond donors (Lipinski definition) is 0. The van der Waals surface area contributed by atoms with Gasteiger partial charge in [0.15, 0.2) is 0 Å². The van der Waals surface area contributed by atoms with Crippen molar-refractivity contribution in [1.29, 1.82) is 0 Å². The SMILES string of the molecule is c1ccc(-c2ccc(N(c3ccccc3)c3ccc4c5ccccc5n(-c5ccc(-c6cccc7c6C6(c8ccccc8-c8ccccc86)c6ccccc6-7)cc5-c5ccccc5)c4c3)cc2)cc1. The van der Waals surface area contributed by atoms with Crippen LogP contribution in [-0.2, 0) is 5.41 Å². The van der Waals surface area contributed by atoms with E-state index in [9.17, 15) is 0 Å². The molecule has 2 aliphatic carbocycles. The molecule has 322 valence electrons. The molecule has 0 amide bonds. The van der Waals surface area contributed by atoms with E-state index in [0.29, 0.717) is 0 Å². The molecule has 14 rings (SSSR count). The molecule has 0 saturated heterocycles. The van der Waals surface area contributed by atoms with Crippen LogP contribution in [0.4, 0.5) is 17.1 Å². The predicted octanol–water partition coefficient (Wildman–Crippen LogP) is 17.6. The third-order valence-corrected chi connectivity index (χ3v) is 14.8. The highest BCUT2D eigenvalue weighted by molar-refractivity contribution is 6.11. The molecule has 0 bridgehead atoms. The summed E-state index contributed by atoms with van der Waals surface area (Å²) in [5, 5.41) is 2.43. The van der Waals surface area contributed by atoms with Gasteiger partial charge in [0.25, 0.3) is 0 Å². The summed E-state index contributed by atoms with van der Waals surface area (Å²) in [6.45, 7) is 0. The maximum absolute atomic E-state index is 2.50. The van der Waals surface area contributed by atoms with Crippen LogP contribution < -0.4 is 4.90 Å². The molecule has 2 aliphatic rings. The molecule has 0 aliphatic heterocycles. The van der Waals surface area contributed by atoms with E-state index in [1.165, 1.54) is 94.2 Å². The zero-order valence-corrected chi connectivity index (χ0v) is 37.8. The number of anilines is 3. The van der Waals surface area contributed by atoms with Gasteiger partial charge in [0.2, 0.25) is 0 Å². The third-order valence-electron chi connectivity index (χ3n) is 14.8. The minimum Gasteiger partial charge on any atom is -0.310 e. The average Bonchev–Trinajstić information content (AvgIpc) is 4.04. The van der Waals surface area contributed by atoms with Gasteiger partial charge < -0.3 is 9.47 Å². The Labute approximate surface area is 402 Å². The summed E-state index contributed by atoms with van der Waals surface area (Å²) in [7, 11) is 0. The number of hydrogen-bond acceptors (Lipinski definition) is 1. The molecule has 2 nitrogen and oxygen atoms in total. The molecule has 0 N–H and O–H groups in total. The van der Waals surface area contributed by atoms with Crippen LogP contribution in [0.5, 0.6) is 0 Å². The minimum absolute atomic E-state index is 0.461. The second-order valence-corrected chi connectivity index (χ2v) is 18.4. The van der Waals surface area contributed by atoms with E-state index >= 15 is 0 Å². The van der Waals surface area contributed by atoms with Crippen LogP contribution in [0.3, 0.4) is 0 Å². The van der Waals surface area contributed by atoms with Crippen LogP contribution in [0.25, 0.3) is 83.1 Å². The first-order valence-electron chi connectivity index (χ1n) is 23.9. The Morgan fingerprint density at radius 2 is 0.754 bits per heavy atom. The molecule has 0 radical (unpaired) electrons. The van der Waals surface area contributed by atoms with E-state index in [2.05, 4.69) is 276 Å². The first-order valence-corrected chi connectivity index (χ1v) is 23.9. The number of aromatic nitrogens is 1. The van der Waals surface area contributed by atoms with E-state index in [0.717, 1.165) is 28.3 Å². The summed E-state index contributed by atoms with van der Waals surface area (Å²) in [5.41, 5.74) is 24.1. The van der Waals surface area contributed by atoms with Gasteiger partial charge in [0.05, 0.1) is 22.1 Å². The Morgan fingerprint density at radius 3 is 1.43 bits per heavy atom. The van der Waals surface area contributed by atoms with Crippen molar-refractivity contribution in [3.63, 3.8) is 0 Å². The van der Waals surface area contributed by atoms with Crippen molar-refractivity contribution in [2.75, 3.05) is 4.90 Å². The van der Waals surface area contributed by atoms with E-state index in [1.807, 2.05) is 0 Å². The monoisotopic (exact) mass is 876 g/mol. The van der Waals surface area contributed by atoms with Crippen LogP contribution in [0, 0.1) is 0 Å². The summed E-state index contributed by atoms with van der Waals surface area (Å²) in [6, 6.07) is 98.5. The average molecular weight is 877 g/mol. The van der Waals surface area contributed by atoms with Crippen molar-refractivity contribution >= 4 is 38.9 Å². The quantitative estimate of drug-likeness (QED) is 0.155. The summed E-state index contributed by atoms with van der Waals surface area (Å²) >= 11 is 0. The molecule has 1 heterocycles. The minimum atomic E-state index is -0.461. The topological polar surface area (TPSA) is 8.17 Å². The number of para-hydroxylation sites is 2. The van der Waals surface area contributed by atoms with Gasteiger partial charge in [-0.05, 0) is 127 Å². The van der Waals surface area contributed by atoms with Gasteiger partial charge in [-0.1, -0.05) is 212 Å². The van der Waals surface area contributed by atoms with Crippen LogP contribution in [0.1, 0.15) is 22.3 Å². The van der Waals surface area contributed by atoms with Gasteiger partial charge in [-0.2, -0.15) is 0 Å². The Kier molecular flexibility index (Phi) is 8.84. The maximum Gasteiger partial charge on any atom is 0.0731 e. The predicted molar refractivity (Wildman–Crippen MR) is 288 cm³/mol. The molecule has 0 saturated carbocycles. The lowest BCUT2D eigenvalue weighted by Gasteiger charge is -2.32. The highest BCUT2D eigenvalue weighted by Gasteiger charge is 2.52. The fourth-order valence-electron chi connectivity index (χ4n) is 12.0. The molecule has 69 heavy (non-hydrogen) atoms. The van der Waals surface area contributed by atoms with Crippen molar-refractivity contribution in [3.8, 4) is 61.3 Å². The van der Waals surface area contributed by atoms with Crippen molar-refractivity contribution in [3.05, 3.63) is 289 Å². The van der Waals surface area contributed by atoms with Crippen molar-refractivity contribution < 1.29 is 0 Å². The summed E-state index contributed by atoms with van der Waals surface area (Å²) in [5.74, 6) is 0. The Morgan fingerprint density at radius 1 is 0.275 bits per heavy atom. The second-order valence-electron chi connectivity index (χ2n) is 18.4. The van der Waals surface area contributed by atoms with Crippen LogP contribution in [0.15, 0.2) is 267 Å². The molecule has 0 fully saturated rings. The third kappa shape index (κ3) is 5.86. The van der Waals surface area contributed by atoms with Crippen molar-refractivity contribution in [2.45, 2.75) is 5.41 Å². The van der Waals surface area contributed by atoms with Gasteiger partial charge in [-0.15, -0.1) is 0 Å². The van der Waals surface area contributed by atoms with E-state index < -0.39 is 5.41 Å². The molecule has 0 atom stereocenters. The lowest BCUT2D eigenvalue weighted by molar-refractivity contribution is 0.796. The first-order chi connectivity index (χ1) is 34.3. The Balaban J connectivity index is 0.992. The molecule has 11 aromatic carbocycles. The van der Waals surface area contributed by atoms with Crippen LogP contribution >= 0.6 is 0 Å². The Hall–Kier alpha value is -8.98. The smallest absolute Gasteiger partial charge is 0.0731 e. The van der Waals surface area contributed by atoms with Gasteiger partial charge in [-0.3, -0.25) is 0 Å². The number of benzene rings is 11. The van der Waals surface area contributed by atoms with Gasteiger partial charge >= 0.3 is 0 Å². The van der Waals surface area contributed by atoms with Crippen molar-refractivity contribution in [2.24, 2.45) is 0 Å². The van der Waals surface area contributed by atoms with E-state index in [1.54, 1.807) is 0 Å². The normalized spacial score (nSPS) is 12.8. The highest BCUT2D eigenvalue weighted by atomic mass is 15.1. The van der Waals surface area contributed by atoms with Crippen LogP contribution in [-0.4, -0.2) is 4.57 Å². The molecule has 0 unspecified atom stereocenters. The zero-order valence-electron chi connectivity index (χ0n) is 37.8. The fourth-order valence-corrected chi connectivity index (χ4v) is 12.0. The maximum atomic E-state index is 2.50. The molecule has 2 heteroatoms. The van der Waals surface area contributed by atoms with Gasteiger partial charge in [0, 0.05) is 33.4 Å². The number of rotatable bonds is 7. The summed E-state index contributed by atoms with van der Waals surface area (Å²) in [6.07, 6.45) is 0. The molecule has 12 aromatic rings. The number of fused-ring (bicyclic) bond motifs is 13. The highest BCUT2D eigenvalue weighted by Crippen LogP contribution is 2.64. The molecule has 1 spiro atoms. The van der Waals surface area contributed by atoms with Gasteiger partial charge in [0.1, 0.15) is 0 Å². The largest absolute Gasteiger partial charge is 0.310 e. The second kappa shape index (κ2) is 15.6. The summed E-state index contributed by atoms with van der Waals surface area (Å²) < 4.78 is 2.50. The zero-order chi connectivity index (χ0) is 45.5. The molecular formula is C67H44N2. The van der Waals surface area contributed by atoms with E-state index in [-0.39, 0.29) is 0 Å². The standard InChI is InChI=1S/C67H44N2/c1-4-19-45(20-5-1)46-35-38-50(39-36-46)68(49-23-8-3-9-24-49)51-40-41-57-56-28-13-17-34-63(56)69(65(57)44-51)64-42-37-48(43-59(64)47-21-6-2-7-22-47)52-29-18-30-58-55-27-12-16-33-62(55)67(66(52)58)60-31-14-10-25-53(60)54-26-11-15-32-61(54)67/h1-44H. The summed E-state index contributed by atoms with van der Waals surface area (Å²) in [4.78, 5) is 2.38. The van der Waals surface area contributed by atoms with E-state index in [4.69, 9.17) is 0 Å². The van der Waals surface area contributed by atoms with Gasteiger partial charge in [-0.25, -0.2) is 0 Å². The molecular weight excluding hydrogens is 833 g/mol. The number of nitrogens with zero attached hydrogens (tertiary/aromatic N) is 2. The Bertz CT molecular complexity index is 3880. The lowest BCUT2D eigenvalue weighted by Crippen LogP contribution is -2.26. The lowest BCUT2D eigenvalue weighted by atomic mass is 9.68. The first kappa shape index (κ1) is 39.2. The van der Waals surface area contributed by atoms with Crippen LogP contribution in [0.2, 0.25) is 0 Å². The fraction of sp³-hybridized carbons (Fsp3) is 0.0149. The van der Waals surface area contributed by atoms with Crippen molar-refractivity contribution in [1.82, 2.24) is 4.57 Å².